The van der Waals surface area contributed by atoms with Gasteiger partial charge in [-0.3, -0.25) is 4.79 Å². The second-order valence-electron chi connectivity index (χ2n) is 4.81. The first-order valence-electron chi connectivity index (χ1n) is 6.71. The molecule has 0 saturated carbocycles. The lowest BCUT2D eigenvalue weighted by Gasteiger charge is -2.07. The number of nitrogens with zero attached hydrogens (tertiary/aromatic N) is 1. The van der Waals surface area contributed by atoms with E-state index in [9.17, 15) is 4.79 Å². The molecule has 2 aromatic carbocycles. The topological polar surface area (TPSA) is 52.9 Å². The molecule has 0 aliphatic heterocycles. The van der Waals surface area contributed by atoms with Gasteiger partial charge in [0, 0.05) is 16.5 Å². The lowest BCUT2D eigenvalue weighted by Crippen LogP contribution is -2.14. The third-order valence-electron chi connectivity index (χ3n) is 3.04. The van der Waals surface area contributed by atoms with Gasteiger partial charge in [0.15, 0.2) is 0 Å². The van der Waals surface area contributed by atoms with Crippen LogP contribution in [0.3, 0.4) is 0 Å². The van der Waals surface area contributed by atoms with Crippen LogP contribution in [0.25, 0.3) is 0 Å². The number of benzene rings is 2. The number of carbonyl (C=O) groups excluding carboxylic acids is 1. The highest BCUT2D eigenvalue weighted by Gasteiger charge is 2.04. The molecule has 0 aliphatic rings. The van der Waals surface area contributed by atoms with Crippen molar-refractivity contribution in [2.24, 2.45) is 0 Å². The lowest BCUT2D eigenvalue weighted by molar-refractivity contribution is -0.113. The van der Waals surface area contributed by atoms with Crippen LogP contribution in [0.1, 0.15) is 16.7 Å². The molecular weight excluding hydrogens is 316 g/mol. The van der Waals surface area contributed by atoms with Gasteiger partial charge in [0.05, 0.1) is 17.4 Å². The van der Waals surface area contributed by atoms with Crippen LogP contribution in [-0.4, -0.2) is 11.7 Å². The van der Waals surface area contributed by atoms with Crippen LogP contribution in [0.4, 0.5) is 5.69 Å². The number of aryl methyl sites for hydroxylation is 1. The lowest BCUT2D eigenvalue weighted by atomic mass is 10.2. The number of thioether (sulfide) groups is 1. The molecule has 112 valence electrons. The van der Waals surface area contributed by atoms with Crippen molar-refractivity contribution in [3.63, 3.8) is 0 Å². The molecular formula is C17H15ClN2OS. The zero-order chi connectivity index (χ0) is 15.9. The molecule has 22 heavy (non-hydrogen) atoms. The minimum atomic E-state index is -0.0569. The summed E-state index contributed by atoms with van der Waals surface area (Å²) in [6.07, 6.45) is 0. The van der Waals surface area contributed by atoms with Crippen molar-refractivity contribution < 1.29 is 4.79 Å². The largest absolute Gasteiger partial charge is 0.325 e. The van der Waals surface area contributed by atoms with E-state index in [1.165, 1.54) is 11.8 Å². The zero-order valence-electron chi connectivity index (χ0n) is 12.1. The summed E-state index contributed by atoms with van der Waals surface area (Å²) in [6.45, 7) is 1.92. The van der Waals surface area contributed by atoms with Crippen LogP contribution in [0, 0.1) is 18.3 Å². The van der Waals surface area contributed by atoms with Gasteiger partial charge in [-0.15, -0.1) is 11.8 Å². The second kappa shape index (κ2) is 7.88. The number of hydrogen-bond acceptors (Lipinski definition) is 3. The first-order chi connectivity index (χ1) is 10.6. The van der Waals surface area contributed by atoms with Crippen LogP contribution in [-0.2, 0) is 10.5 Å². The first-order valence-corrected chi connectivity index (χ1v) is 8.24. The number of amides is 1. The molecule has 0 aromatic heterocycles. The Labute approximate surface area is 139 Å². The van der Waals surface area contributed by atoms with Gasteiger partial charge >= 0.3 is 0 Å². The highest BCUT2D eigenvalue weighted by atomic mass is 35.5. The third-order valence-corrected chi connectivity index (χ3v) is 4.45. The van der Waals surface area contributed by atoms with Gasteiger partial charge < -0.3 is 5.32 Å². The maximum Gasteiger partial charge on any atom is 0.234 e. The summed E-state index contributed by atoms with van der Waals surface area (Å²) in [7, 11) is 0. The molecule has 2 aromatic rings. The molecule has 0 radical (unpaired) electrons. The summed E-state index contributed by atoms with van der Waals surface area (Å²) in [6, 6.07) is 14.9. The van der Waals surface area contributed by atoms with Crippen molar-refractivity contribution >= 4 is 35.0 Å². The Kier molecular flexibility index (Phi) is 5.88. The molecule has 1 N–H and O–H groups in total. The smallest absolute Gasteiger partial charge is 0.234 e. The molecule has 2 rings (SSSR count). The Balaban J connectivity index is 1.80. The molecule has 0 heterocycles. The average Bonchev–Trinajstić information content (AvgIpc) is 2.51. The maximum atomic E-state index is 11.9. The molecule has 0 bridgehead atoms. The second-order valence-corrected chi connectivity index (χ2v) is 6.21. The van der Waals surface area contributed by atoms with E-state index >= 15 is 0 Å². The van der Waals surface area contributed by atoms with E-state index < -0.39 is 0 Å². The van der Waals surface area contributed by atoms with Gasteiger partial charge in [-0.1, -0.05) is 29.8 Å². The summed E-state index contributed by atoms with van der Waals surface area (Å²) in [5.41, 5.74) is 3.42. The highest BCUT2D eigenvalue weighted by molar-refractivity contribution is 7.99. The SMILES string of the molecule is Cc1ccc(NC(=O)CSCc2ccc(C#N)cc2)cc1Cl. The van der Waals surface area contributed by atoms with Crippen molar-refractivity contribution in [2.75, 3.05) is 11.1 Å². The molecule has 1 amide bonds. The number of rotatable bonds is 5. The molecule has 3 nitrogen and oxygen atoms in total. The average molecular weight is 331 g/mol. The van der Waals surface area contributed by atoms with E-state index in [1.807, 2.05) is 31.2 Å². The van der Waals surface area contributed by atoms with E-state index in [0.29, 0.717) is 22.0 Å². The van der Waals surface area contributed by atoms with Gasteiger partial charge in [0.25, 0.3) is 0 Å². The zero-order valence-corrected chi connectivity index (χ0v) is 13.7. The molecule has 0 aliphatic carbocycles. The van der Waals surface area contributed by atoms with E-state index in [0.717, 1.165) is 16.9 Å². The van der Waals surface area contributed by atoms with Gasteiger partial charge in [-0.25, -0.2) is 0 Å². The molecule has 0 saturated heterocycles. The fourth-order valence-corrected chi connectivity index (χ4v) is 2.77. The third kappa shape index (κ3) is 4.80. The first kappa shape index (κ1) is 16.4. The number of nitrogens with one attached hydrogen (secondary N) is 1. The minimum absolute atomic E-state index is 0.0569. The summed E-state index contributed by atoms with van der Waals surface area (Å²) < 4.78 is 0. The van der Waals surface area contributed by atoms with E-state index in [4.69, 9.17) is 16.9 Å². The van der Waals surface area contributed by atoms with Crippen molar-refractivity contribution in [3.8, 4) is 6.07 Å². The van der Waals surface area contributed by atoms with E-state index in [2.05, 4.69) is 11.4 Å². The van der Waals surface area contributed by atoms with Crippen LogP contribution in [0.5, 0.6) is 0 Å². The van der Waals surface area contributed by atoms with Gasteiger partial charge in [-0.2, -0.15) is 5.26 Å². The predicted octanol–water partition coefficient (Wildman–Crippen LogP) is 4.39. The maximum absolute atomic E-state index is 11.9. The fraction of sp³-hybridized carbons (Fsp3) is 0.176. The molecule has 5 heteroatoms. The molecule has 0 unspecified atom stereocenters. The Morgan fingerprint density at radius 1 is 1.27 bits per heavy atom. The quantitative estimate of drug-likeness (QED) is 0.884. The fourth-order valence-electron chi connectivity index (χ4n) is 1.80. The number of anilines is 1. The summed E-state index contributed by atoms with van der Waals surface area (Å²) in [5, 5.41) is 12.2. The number of carbonyl (C=O) groups is 1. The molecule has 0 fully saturated rings. The Morgan fingerprint density at radius 3 is 2.64 bits per heavy atom. The minimum Gasteiger partial charge on any atom is -0.325 e. The monoisotopic (exact) mass is 330 g/mol. The van der Waals surface area contributed by atoms with E-state index in [-0.39, 0.29) is 5.91 Å². The van der Waals surface area contributed by atoms with Gasteiger partial charge in [0.2, 0.25) is 5.91 Å². The highest BCUT2D eigenvalue weighted by Crippen LogP contribution is 2.20. The van der Waals surface area contributed by atoms with Crippen LogP contribution in [0.15, 0.2) is 42.5 Å². The Bertz CT molecular complexity index is 708. The normalized spacial score (nSPS) is 10.0. The van der Waals surface area contributed by atoms with Crippen LogP contribution < -0.4 is 5.32 Å². The van der Waals surface area contributed by atoms with Crippen LogP contribution in [0.2, 0.25) is 5.02 Å². The number of nitriles is 1. The predicted molar refractivity (Wildman–Crippen MR) is 92.1 cm³/mol. The van der Waals surface area contributed by atoms with Crippen molar-refractivity contribution in [3.05, 3.63) is 64.2 Å². The Morgan fingerprint density at radius 2 is 2.00 bits per heavy atom. The van der Waals surface area contributed by atoms with E-state index in [1.54, 1.807) is 18.2 Å². The van der Waals surface area contributed by atoms with Crippen molar-refractivity contribution in [2.45, 2.75) is 12.7 Å². The van der Waals surface area contributed by atoms with Crippen molar-refractivity contribution in [1.29, 1.82) is 5.26 Å². The van der Waals surface area contributed by atoms with Crippen molar-refractivity contribution in [1.82, 2.24) is 0 Å². The summed E-state index contributed by atoms with van der Waals surface area (Å²) in [5.74, 6) is 1.04. The summed E-state index contributed by atoms with van der Waals surface area (Å²) in [4.78, 5) is 11.9. The number of hydrogen-bond donors (Lipinski definition) is 1. The van der Waals surface area contributed by atoms with Gasteiger partial charge in [-0.05, 0) is 42.3 Å². The molecule has 0 spiro atoms. The van der Waals surface area contributed by atoms with Crippen LogP contribution >= 0.6 is 23.4 Å². The standard InChI is InChI=1S/C17H15ClN2OS/c1-12-2-7-15(8-16(12)18)20-17(21)11-22-10-14-5-3-13(9-19)4-6-14/h2-8H,10-11H2,1H3,(H,20,21). The summed E-state index contributed by atoms with van der Waals surface area (Å²) >= 11 is 7.55. The Hall–Kier alpha value is -1.96. The van der Waals surface area contributed by atoms with Gasteiger partial charge in [0.1, 0.15) is 0 Å². The molecule has 0 atom stereocenters. The number of halogens is 1.